The first-order valence-electron chi connectivity index (χ1n) is 10.7. The van der Waals surface area contributed by atoms with Crippen LogP contribution in [0.5, 0.6) is 0 Å². The van der Waals surface area contributed by atoms with Gasteiger partial charge in [0, 0.05) is 50.5 Å². The Kier molecular flexibility index (Phi) is 5.82. The summed E-state index contributed by atoms with van der Waals surface area (Å²) in [5, 5.41) is 7.32. The predicted molar refractivity (Wildman–Crippen MR) is 123 cm³/mol. The third-order valence-electron chi connectivity index (χ3n) is 5.85. The minimum Gasteiger partial charge on any atom is -0.379 e. The zero-order chi connectivity index (χ0) is 22.1. The van der Waals surface area contributed by atoms with Gasteiger partial charge in [0.15, 0.2) is 5.82 Å². The second-order valence-electron chi connectivity index (χ2n) is 8.05. The van der Waals surface area contributed by atoms with Crippen LogP contribution in [0.4, 0.5) is 5.82 Å². The van der Waals surface area contributed by atoms with Crippen LogP contribution in [0.1, 0.15) is 21.6 Å². The van der Waals surface area contributed by atoms with Gasteiger partial charge in [0.25, 0.3) is 5.91 Å². The first kappa shape index (κ1) is 20.9. The number of anilines is 1. The summed E-state index contributed by atoms with van der Waals surface area (Å²) in [5.74, 6) is 0.310. The number of carbonyl (C=O) groups is 1. The van der Waals surface area contributed by atoms with Crippen LogP contribution in [-0.4, -0.2) is 53.2 Å². The van der Waals surface area contributed by atoms with Crippen LogP contribution in [0, 0.1) is 0 Å². The number of nitrogens with zero attached hydrogens (tertiary/aromatic N) is 3. The van der Waals surface area contributed by atoms with Gasteiger partial charge in [0.2, 0.25) is 5.43 Å². The molecule has 0 saturated carbocycles. The van der Waals surface area contributed by atoms with Gasteiger partial charge in [-0.2, -0.15) is 0 Å². The van der Waals surface area contributed by atoms with Gasteiger partial charge >= 0.3 is 0 Å². The van der Waals surface area contributed by atoms with Crippen LogP contribution >= 0.6 is 11.6 Å². The molecule has 1 fully saturated rings. The second-order valence-corrected chi connectivity index (χ2v) is 8.48. The Bertz CT molecular complexity index is 1220. The van der Waals surface area contributed by atoms with E-state index >= 15 is 0 Å². The van der Waals surface area contributed by atoms with Crippen molar-refractivity contribution in [2.24, 2.45) is 0 Å². The molecule has 0 atom stereocenters. The topological polar surface area (TPSA) is 88.5 Å². The van der Waals surface area contributed by atoms with Crippen molar-refractivity contribution >= 4 is 34.2 Å². The lowest BCUT2D eigenvalue weighted by Gasteiger charge is -2.27. The Balaban J connectivity index is 1.47. The number of pyridine rings is 2. The average Bonchev–Trinajstić information content (AvgIpc) is 2.81. The highest BCUT2D eigenvalue weighted by Gasteiger charge is 2.22. The first-order chi connectivity index (χ1) is 15.6. The first-order valence-corrected chi connectivity index (χ1v) is 11.1. The number of benzene rings is 1. The number of amides is 1. The molecule has 0 spiro atoms. The summed E-state index contributed by atoms with van der Waals surface area (Å²) < 4.78 is 7.37. The number of carbonyl (C=O) groups excluding carboxylic acids is 1. The van der Waals surface area contributed by atoms with Crippen molar-refractivity contribution < 1.29 is 9.53 Å². The Hall–Kier alpha value is -2.94. The zero-order valence-corrected chi connectivity index (χ0v) is 18.3. The van der Waals surface area contributed by atoms with E-state index < -0.39 is 0 Å². The number of aromatic nitrogens is 2. The highest BCUT2D eigenvalue weighted by molar-refractivity contribution is 6.30. The smallest absolute Gasteiger partial charge is 0.257 e. The van der Waals surface area contributed by atoms with Crippen LogP contribution in [0.2, 0.25) is 5.02 Å². The van der Waals surface area contributed by atoms with Crippen molar-refractivity contribution in [2.45, 2.75) is 19.6 Å². The van der Waals surface area contributed by atoms with Crippen LogP contribution in [0.15, 0.2) is 41.3 Å². The van der Waals surface area contributed by atoms with Crippen molar-refractivity contribution in [3.05, 3.63) is 68.6 Å². The summed E-state index contributed by atoms with van der Waals surface area (Å²) in [6.07, 6.45) is 1.65. The maximum Gasteiger partial charge on any atom is 0.257 e. The molecule has 0 unspecified atom stereocenters. The third-order valence-corrected chi connectivity index (χ3v) is 6.10. The fraction of sp³-hybridized carbons (Fsp3) is 0.348. The molecule has 2 aliphatic rings. The number of ether oxygens (including phenoxy) is 1. The number of rotatable bonds is 5. The van der Waals surface area contributed by atoms with E-state index in [9.17, 15) is 9.59 Å². The molecule has 2 N–H and O–H groups in total. The molecule has 5 rings (SSSR count). The molecule has 4 heterocycles. The second kappa shape index (κ2) is 8.90. The SMILES string of the molecule is O=C(NCc1ccc(Cl)cc1)c1cn2c3c(nc(CN4CCOCC4)cc3c1=O)NCC2. The molecular formula is C23H24ClN5O3. The van der Waals surface area contributed by atoms with Gasteiger partial charge in [-0.3, -0.25) is 14.5 Å². The van der Waals surface area contributed by atoms with Gasteiger partial charge in [-0.15, -0.1) is 0 Å². The fourth-order valence-corrected chi connectivity index (χ4v) is 4.31. The number of morpholine rings is 1. The van der Waals surface area contributed by atoms with Crippen LogP contribution in [-0.2, 0) is 24.4 Å². The van der Waals surface area contributed by atoms with E-state index in [0.717, 1.165) is 29.9 Å². The summed E-state index contributed by atoms with van der Waals surface area (Å²) in [6, 6.07) is 9.07. The summed E-state index contributed by atoms with van der Waals surface area (Å²) in [6.45, 7) is 5.36. The molecule has 1 aromatic carbocycles. The van der Waals surface area contributed by atoms with Crippen molar-refractivity contribution in [1.29, 1.82) is 0 Å². The van der Waals surface area contributed by atoms with Crippen molar-refractivity contribution in [1.82, 2.24) is 19.8 Å². The lowest BCUT2D eigenvalue weighted by Crippen LogP contribution is -2.36. The normalized spacial score (nSPS) is 16.0. The van der Waals surface area contributed by atoms with Gasteiger partial charge in [0.05, 0.1) is 29.8 Å². The monoisotopic (exact) mass is 453 g/mol. The maximum absolute atomic E-state index is 13.3. The molecule has 166 valence electrons. The molecule has 8 nitrogen and oxygen atoms in total. The number of hydrogen-bond donors (Lipinski definition) is 2. The molecule has 1 amide bonds. The molecular weight excluding hydrogens is 430 g/mol. The van der Waals surface area contributed by atoms with Gasteiger partial charge in [0.1, 0.15) is 5.56 Å². The van der Waals surface area contributed by atoms with Crippen molar-refractivity contribution in [2.75, 3.05) is 38.2 Å². The number of hydrogen-bond acceptors (Lipinski definition) is 6. The lowest BCUT2D eigenvalue weighted by atomic mass is 10.1. The average molecular weight is 454 g/mol. The van der Waals surface area contributed by atoms with E-state index in [1.165, 1.54) is 0 Å². The maximum atomic E-state index is 13.3. The van der Waals surface area contributed by atoms with Crippen LogP contribution in [0.3, 0.4) is 0 Å². The fourth-order valence-electron chi connectivity index (χ4n) is 4.18. The van der Waals surface area contributed by atoms with Gasteiger partial charge in [-0.05, 0) is 23.8 Å². The minimum absolute atomic E-state index is 0.142. The van der Waals surface area contributed by atoms with E-state index in [1.54, 1.807) is 18.3 Å². The number of nitrogens with one attached hydrogen (secondary N) is 2. The minimum atomic E-state index is -0.387. The summed E-state index contributed by atoms with van der Waals surface area (Å²) in [7, 11) is 0. The Labute approximate surface area is 190 Å². The molecule has 9 heteroatoms. The van der Waals surface area contributed by atoms with E-state index in [2.05, 4.69) is 15.5 Å². The Morgan fingerprint density at radius 2 is 1.97 bits per heavy atom. The highest BCUT2D eigenvalue weighted by Crippen LogP contribution is 2.25. The Morgan fingerprint density at radius 3 is 2.75 bits per heavy atom. The molecule has 2 aliphatic heterocycles. The quantitative estimate of drug-likeness (QED) is 0.616. The molecule has 2 aromatic heterocycles. The van der Waals surface area contributed by atoms with Gasteiger partial charge in [-0.25, -0.2) is 4.98 Å². The summed E-state index contributed by atoms with van der Waals surface area (Å²) in [5.41, 5.74) is 2.34. The van der Waals surface area contributed by atoms with Crippen LogP contribution in [0.25, 0.3) is 10.9 Å². The van der Waals surface area contributed by atoms with E-state index in [4.69, 9.17) is 21.3 Å². The molecule has 0 bridgehead atoms. The Morgan fingerprint density at radius 1 is 1.19 bits per heavy atom. The molecule has 32 heavy (non-hydrogen) atoms. The van der Waals surface area contributed by atoms with Gasteiger partial charge in [-0.1, -0.05) is 23.7 Å². The summed E-state index contributed by atoms with van der Waals surface area (Å²) >= 11 is 5.92. The van der Waals surface area contributed by atoms with E-state index in [0.29, 0.717) is 55.6 Å². The van der Waals surface area contributed by atoms with Crippen molar-refractivity contribution in [3.8, 4) is 0 Å². The predicted octanol–water partition coefficient (Wildman–Crippen LogP) is 2.24. The summed E-state index contributed by atoms with van der Waals surface area (Å²) in [4.78, 5) is 33.3. The molecule has 1 saturated heterocycles. The zero-order valence-electron chi connectivity index (χ0n) is 17.6. The molecule has 0 radical (unpaired) electrons. The van der Waals surface area contributed by atoms with E-state index in [-0.39, 0.29) is 16.9 Å². The largest absolute Gasteiger partial charge is 0.379 e. The molecule has 3 aromatic rings. The molecule has 0 aliphatic carbocycles. The van der Waals surface area contributed by atoms with Crippen LogP contribution < -0.4 is 16.1 Å². The third kappa shape index (κ3) is 4.21. The van der Waals surface area contributed by atoms with Crippen molar-refractivity contribution in [3.63, 3.8) is 0 Å². The lowest BCUT2D eigenvalue weighted by molar-refractivity contribution is 0.0337. The van der Waals surface area contributed by atoms with Gasteiger partial charge < -0.3 is 19.9 Å². The standard InChI is InChI=1S/C23H24ClN5O3/c24-16-3-1-15(2-4-16)12-26-23(31)19-14-29-6-5-25-22-20(29)18(21(19)30)11-17(27-22)13-28-7-9-32-10-8-28/h1-4,11,14H,5-10,12-13H2,(H,25,27)(H,26,31). The number of halogens is 1. The van der Waals surface area contributed by atoms with E-state index in [1.807, 2.05) is 22.8 Å². The highest BCUT2D eigenvalue weighted by atomic mass is 35.5.